The van der Waals surface area contributed by atoms with Crippen LogP contribution in [0.1, 0.15) is 30.9 Å². The molecule has 5 heteroatoms. The van der Waals surface area contributed by atoms with Crippen LogP contribution in [0.15, 0.2) is 18.2 Å². The van der Waals surface area contributed by atoms with Crippen molar-refractivity contribution in [2.24, 2.45) is 5.73 Å². The van der Waals surface area contributed by atoms with Crippen LogP contribution in [0.25, 0.3) is 0 Å². The molecule has 1 aromatic rings. The smallest absolute Gasteiger partial charge is 0.126 e. The van der Waals surface area contributed by atoms with Crippen LogP contribution in [0.4, 0.5) is 8.78 Å². The largest absolute Gasteiger partial charge is 0.324 e. The van der Waals surface area contributed by atoms with E-state index < -0.39 is 11.6 Å². The van der Waals surface area contributed by atoms with Crippen molar-refractivity contribution in [3.05, 3.63) is 35.4 Å². The summed E-state index contributed by atoms with van der Waals surface area (Å²) >= 11 is 0. The lowest BCUT2D eigenvalue weighted by atomic mass is 10.0. The van der Waals surface area contributed by atoms with Crippen molar-refractivity contribution in [3.63, 3.8) is 0 Å². The second-order valence-electron chi connectivity index (χ2n) is 6.16. The Morgan fingerprint density at radius 3 is 2.57 bits per heavy atom. The van der Waals surface area contributed by atoms with Crippen molar-refractivity contribution in [1.82, 2.24) is 9.80 Å². The number of benzene rings is 1. The van der Waals surface area contributed by atoms with Crippen molar-refractivity contribution in [2.45, 2.75) is 31.3 Å². The van der Waals surface area contributed by atoms with Gasteiger partial charge in [-0.1, -0.05) is 0 Å². The van der Waals surface area contributed by atoms with E-state index in [1.165, 1.54) is 25.0 Å². The van der Waals surface area contributed by atoms with Crippen LogP contribution >= 0.6 is 0 Å². The van der Waals surface area contributed by atoms with Gasteiger partial charge < -0.3 is 15.5 Å². The number of nitrogens with zero attached hydrogens (tertiary/aromatic N) is 2. The maximum absolute atomic E-state index is 13.2. The van der Waals surface area contributed by atoms with E-state index in [4.69, 9.17) is 5.73 Å². The molecule has 0 aliphatic carbocycles. The number of nitrogens with two attached hydrogens (primary N) is 1. The molecular formula is C16H25F2N3. The fourth-order valence-corrected chi connectivity index (χ4v) is 2.93. The minimum atomic E-state index is -0.564. The van der Waals surface area contributed by atoms with Crippen molar-refractivity contribution >= 4 is 0 Å². The highest BCUT2D eigenvalue weighted by Crippen LogP contribution is 2.19. The first-order chi connectivity index (χ1) is 9.95. The van der Waals surface area contributed by atoms with Gasteiger partial charge in [0.25, 0.3) is 0 Å². The molecule has 1 fully saturated rings. The molecule has 0 aromatic heterocycles. The second kappa shape index (κ2) is 7.29. The molecule has 2 unspecified atom stereocenters. The quantitative estimate of drug-likeness (QED) is 0.906. The van der Waals surface area contributed by atoms with E-state index >= 15 is 0 Å². The standard InChI is InChI=1S/C16H25F2N3/c1-20(2)15-4-3-6-21(11-15)7-5-16(19)12-8-13(17)10-14(18)9-12/h8-10,15-16H,3-7,11,19H2,1-2H3. The molecule has 2 N–H and O–H groups in total. The first kappa shape index (κ1) is 16.3. The first-order valence-electron chi connectivity index (χ1n) is 7.56. The highest BCUT2D eigenvalue weighted by Gasteiger charge is 2.21. The lowest BCUT2D eigenvalue weighted by molar-refractivity contribution is 0.130. The number of likely N-dealkylation sites (tertiary alicyclic amines) is 1. The van der Waals surface area contributed by atoms with E-state index in [9.17, 15) is 8.78 Å². The predicted molar refractivity (Wildman–Crippen MR) is 81.1 cm³/mol. The summed E-state index contributed by atoms with van der Waals surface area (Å²) in [7, 11) is 4.21. The number of hydrogen-bond donors (Lipinski definition) is 1. The maximum Gasteiger partial charge on any atom is 0.126 e. The third kappa shape index (κ3) is 4.73. The van der Waals surface area contributed by atoms with E-state index in [0.29, 0.717) is 18.0 Å². The first-order valence-corrected chi connectivity index (χ1v) is 7.56. The van der Waals surface area contributed by atoms with Crippen LogP contribution in [0.5, 0.6) is 0 Å². The van der Waals surface area contributed by atoms with E-state index in [0.717, 1.165) is 25.7 Å². The molecule has 1 heterocycles. The van der Waals surface area contributed by atoms with Gasteiger partial charge in [-0.3, -0.25) is 0 Å². The third-order valence-corrected chi connectivity index (χ3v) is 4.28. The van der Waals surface area contributed by atoms with Gasteiger partial charge in [-0.15, -0.1) is 0 Å². The molecule has 3 nitrogen and oxygen atoms in total. The van der Waals surface area contributed by atoms with Crippen LogP contribution in [0.3, 0.4) is 0 Å². The van der Waals surface area contributed by atoms with Crippen molar-refractivity contribution in [1.29, 1.82) is 0 Å². The summed E-state index contributed by atoms with van der Waals surface area (Å²) < 4.78 is 26.4. The lowest BCUT2D eigenvalue weighted by Crippen LogP contribution is -2.45. The van der Waals surface area contributed by atoms with Gasteiger partial charge in [0.05, 0.1) is 0 Å². The Morgan fingerprint density at radius 2 is 1.95 bits per heavy atom. The van der Waals surface area contributed by atoms with Gasteiger partial charge in [0.1, 0.15) is 11.6 Å². The SMILES string of the molecule is CN(C)C1CCCN(CCC(N)c2cc(F)cc(F)c2)C1. The highest BCUT2D eigenvalue weighted by molar-refractivity contribution is 5.21. The summed E-state index contributed by atoms with van der Waals surface area (Å²) in [5, 5.41) is 0. The van der Waals surface area contributed by atoms with Gasteiger partial charge in [-0.05, 0) is 64.1 Å². The second-order valence-corrected chi connectivity index (χ2v) is 6.16. The van der Waals surface area contributed by atoms with Crippen LogP contribution < -0.4 is 5.73 Å². The summed E-state index contributed by atoms with van der Waals surface area (Å²) in [6.07, 6.45) is 3.13. The monoisotopic (exact) mass is 297 g/mol. The Morgan fingerprint density at radius 1 is 1.29 bits per heavy atom. The lowest BCUT2D eigenvalue weighted by Gasteiger charge is -2.36. The number of rotatable bonds is 5. The normalized spacial score (nSPS) is 21.7. The topological polar surface area (TPSA) is 32.5 Å². The van der Waals surface area contributed by atoms with Crippen molar-refractivity contribution in [3.8, 4) is 0 Å². The highest BCUT2D eigenvalue weighted by atomic mass is 19.1. The molecule has 0 amide bonds. The van der Waals surface area contributed by atoms with Gasteiger partial charge in [-0.2, -0.15) is 0 Å². The van der Waals surface area contributed by atoms with Gasteiger partial charge in [0, 0.05) is 24.7 Å². The van der Waals surface area contributed by atoms with Crippen LogP contribution in [-0.4, -0.2) is 49.6 Å². The van der Waals surface area contributed by atoms with Gasteiger partial charge in [0.15, 0.2) is 0 Å². The fraction of sp³-hybridized carbons (Fsp3) is 0.625. The molecule has 0 spiro atoms. The van der Waals surface area contributed by atoms with Gasteiger partial charge in [-0.25, -0.2) is 8.78 Å². The van der Waals surface area contributed by atoms with E-state index in [2.05, 4.69) is 23.9 Å². The number of hydrogen-bond acceptors (Lipinski definition) is 3. The summed E-state index contributed by atoms with van der Waals surface area (Å²) in [4.78, 5) is 4.65. The van der Waals surface area contributed by atoms with Crippen LogP contribution in [-0.2, 0) is 0 Å². The number of halogens is 2. The molecular weight excluding hydrogens is 272 g/mol. The number of likely N-dealkylation sites (N-methyl/N-ethyl adjacent to an activating group) is 1. The molecule has 2 atom stereocenters. The molecule has 118 valence electrons. The minimum absolute atomic E-state index is 0.324. The molecule has 21 heavy (non-hydrogen) atoms. The predicted octanol–water partition coefficient (Wildman–Crippen LogP) is 2.38. The van der Waals surface area contributed by atoms with E-state index in [1.807, 2.05) is 0 Å². The molecule has 0 saturated carbocycles. The van der Waals surface area contributed by atoms with E-state index in [1.54, 1.807) is 0 Å². The van der Waals surface area contributed by atoms with Gasteiger partial charge >= 0.3 is 0 Å². The Kier molecular flexibility index (Phi) is 5.67. The summed E-state index contributed by atoms with van der Waals surface area (Å²) in [5.41, 5.74) is 6.61. The molecule has 1 saturated heterocycles. The summed E-state index contributed by atoms with van der Waals surface area (Å²) in [5.74, 6) is -1.13. The third-order valence-electron chi connectivity index (χ3n) is 4.28. The Labute approximate surface area is 125 Å². The number of piperidine rings is 1. The molecule has 1 aliphatic heterocycles. The molecule has 1 aromatic carbocycles. The Hall–Kier alpha value is -1.04. The van der Waals surface area contributed by atoms with Crippen LogP contribution in [0.2, 0.25) is 0 Å². The summed E-state index contributed by atoms with van der Waals surface area (Å²) in [6.45, 7) is 2.98. The Bertz CT molecular complexity index is 445. The zero-order valence-electron chi connectivity index (χ0n) is 12.9. The van der Waals surface area contributed by atoms with E-state index in [-0.39, 0.29) is 6.04 Å². The van der Waals surface area contributed by atoms with Crippen molar-refractivity contribution < 1.29 is 8.78 Å². The Balaban J connectivity index is 1.87. The molecule has 2 rings (SSSR count). The average Bonchev–Trinajstić information content (AvgIpc) is 2.44. The molecule has 1 aliphatic rings. The minimum Gasteiger partial charge on any atom is -0.324 e. The molecule has 0 bridgehead atoms. The van der Waals surface area contributed by atoms with Crippen molar-refractivity contribution in [2.75, 3.05) is 33.7 Å². The van der Waals surface area contributed by atoms with Crippen LogP contribution in [0, 0.1) is 11.6 Å². The van der Waals surface area contributed by atoms with Gasteiger partial charge in [0.2, 0.25) is 0 Å². The zero-order valence-corrected chi connectivity index (χ0v) is 12.9. The average molecular weight is 297 g/mol. The maximum atomic E-state index is 13.2. The molecule has 0 radical (unpaired) electrons. The fourth-order valence-electron chi connectivity index (χ4n) is 2.93. The summed E-state index contributed by atoms with van der Waals surface area (Å²) in [6, 6.07) is 3.79. The zero-order chi connectivity index (χ0) is 15.4.